The number of ether oxygens (including phenoxy) is 1. The van der Waals surface area contributed by atoms with Gasteiger partial charge in [-0.1, -0.05) is 24.3 Å². The van der Waals surface area contributed by atoms with Gasteiger partial charge in [-0.15, -0.1) is 0 Å². The summed E-state index contributed by atoms with van der Waals surface area (Å²) in [6.07, 6.45) is 8.42. The van der Waals surface area contributed by atoms with Crippen LogP contribution in [0.5, 0.6) is 5.75 Å². The first-order chi connectivity index (χ1) is 15.3. The molecule has 0 unspecified atom stereocenters. The van der Waals surface area contributed by atoms with Gasteiger partial charge < -0.3 is 19.7 Å². The molecule has 0 atom stereocenters. The number of hydrogen-bond acceptors (Lipinski definition) is 5. The fraction of sp³-hybridized carbons (Fsp3) is 0.240. The van der Waals surface area contributed by atoms with Crippen molar-refractivity contribution in [1.29, 1.82) is 0 Å². The largest absolute Gasteiger partial charge is 0.744 e. The van der Waals surface area contributed by atoms with Gasteiger partial charge in [0.05, 0.1) is 12.0 Å². The van der Waals surface area contributed by atoms with E-state index in [1.54, 1.807) is 0 Å². The Labute approximate surface area is 196 Å². The van der Waals surface area contributed by atoms with Crippen molar-refractivity contribution in [1.82, 2.24) is 0 Å². The first-order valence-electron chi connectivity index (χ1n) is 10.3. The average molecular weight is 473 g/mol. The molecule has 2 N–H and O–H groups in total. The zero-order chi connectivity index (χ0) is 23.6. The van der Waals surface area contributed by atoms with E-state index in [2.05, 4.69) is 79.7 Å². The van der Waals surface area contributed by atoms with E-state index in [-0.39, 0.29) is 10.4 Å². The number of benzene rings is 2. The highest BCUT2D eigenvalue weighted by Gasteiger charge is 2.01. The summed E-state index contributed by atoms with van der Waals surface area (Å²) >= 11 is 0. The standard InChI is InChI=1S/C18H23N2.C7H8O4S.H2O/c1-4-20(5-2)18-10-8-16(9-11-18)6-7-17-12-14-19(3)15-13-17;1-11-6-2-4-7(5-3-6)12(8,9)10;/h6-15H,4-5H2,1-3H3;2-5H,1H3,(H,8,9,10);1H2/q+1;;/p-1. The number of aryl methyl sites for hydroxylation is 1. The summed E-state index contributed by atoms with van der Waals surface area (Å²) in [7, 11) is -0.847. The van der Waals surface area contributed by atoms with Crippen LogP contribution in [0.1, 0.15) is 25.0 Å². The molecule has 7 nitrogen and oxygen atoms in total. The zero-order valence-electron chi connectivity index (χ0n) is 19.4. The Morgan fingerprint density at radius 1 is 0.879 bits per heavy atom. The van der Waals surface area contributed by atoms with Crippen molar-refractivity contribution < 1.29 is 27.8 Å². The molecule has 1 aromatic heterocycles. The highest BCUT2D eigenvalue weighted by molar-refractivity contribution is 7.85. The normalized spacial score (nSPS) is 10.7. The van der Waals surface area contributed by atoms with Gasteiger partial charge in [-0.2, -0.15) is 0 Å². The quantitative estimate of drug-likeness (QED) is 0.388. The maximum absolute atomic E-state index is 10.4. The molecule has 1 heterocycles. The van der Waals surface area contributed by atoms with Crippen LogP contribution in [0.2, 0.25) is 0 Å². The topological polar surface area (TPSA) is 105 Å². The van der Waals surface area contributed by atoms with Crippen molar-refractivity contribution in [2.75, 3.05) is 25.1 Å². The Morgan fingerprint density at radius 3 is 1.79 bits per heavy atom. The van der Waals surface area contributed by atoms with Crippen molar-refractivity contribution in [2.24, 2.45) is 7.05 Å². The van der Waals surface area contributed by atoms with Gasteiger partial charge in [0, 0.05) is 30.9 Å². The fourth-order valence-electron chi connectivity index (χ4n) is 2.94. The predicted molar refractivity (Wildman–Crippen MR) is 131 cm³/mol. The molecule has 0 bridgehead atoms. The number of rotatable bonds is 7. The lowest BCUT2D eigenvalue weighted by Crippen LogP contribution is -2.25. The molecule has 33 heavy (non-hydrogen) atoms. The molecule has 0 saturated carbocycles. The van der Waals surface area contributed by atoms with Gasteiger partial charge in [-0.25, -0.2) is 13.0 Å². The molecule has 0 fully saturated rings. The Morgan fingerprint density at radius 2 is 1.36 bits per heavy atom. The van der Waals surface area contributed by atoms with E-state index in [1.165, 1.54) is 48.2 Å². The van der Waals surface area contributed by atoms with Crippen LogP contribution in [0.3, 0.4) is 0 Å². The van der Waals surface area contributed by atoms with E-state index >= 15 is 0 Å². The van der Waals surface area contributed by atoms with Crippen molar-refractivity contribution >= 4 is 28.0 Å². The lowest BCUT2D eigenvalue weighted by atomic mass is 10.1. The van der Waals surface area contributed by atoms with Gasteiger partial charge in [0.15, 0.2) is 12.4 Å². The Balaban J connectivity index is 0.000000361. The summed E-state index contributed by atoms with van der Waals surface area (Å²) in [5, 5.41) is 0. The van der Waals surface area contributed by atoms with Gasteiger partial charge >= 0.3 is 0 Å². The third-order valence-electron chi connectivity index (χ3n) is 4.84. The smallest absolute Gasteiger partial charge is 0.169 e. The lowest BCUT2D eigenvalue weighted by molar-refractivity contribution is -0.671. The molecule has 0 aliphatic rings. The van der Waals surface area contributed by atoms with E-state index in [4.69, 9.17) is 4.74 Å². The second kappa shape index (κ2) is 13.4. The third-order valence-corrected chi connectivity index (χ3v) is 5.69. The van der Waals surface area contributed by atoms with Crippen LogP contribution in [0.25, 0.3) is 12.2 Å². The average Bonchev–Trinajstić information content (AvgIpc) is 2.80. The number of hydrogen-bond donors (Lipinski definition) is 0. The Kier molecular flexibility index (Phi) is 11.3. The van der Waals surface area contributed by atoms with Gasteiger partial charge in [0.1, 0.15) is 22.9 Å². The zero-order valence-corrected chi connectivity index (χ0v) is 20.2. The summed E-state index contributed by atoms with van der Waals surface area (Å²) in [5.41, 5.74) is 3.74. The molecule has 2 aromatic carbocycles. The van der Waals surface area contributed by atoms with Crippen LogP contribution in [-0.2, 0) is 17.2 Å². The molecule has 0 amide bonds. The Hall–Kier alpha value is -3.20. The van der Waals surface area contributed by atoms with Gasteiger partial charge in [-0.3, -0.25) is 0 Å². The highest BCUT2D eigenvalue weighted by atomic mass is 32.2. The summed E-state index contributed by atoms with van der Waals surface area (Å²) < 4.78 is 38.1. The minimum absolute atomic E-state index is 0. The van der Waals surface area contributed by atoms with E-state index in [9.17, 15) is 13.0 Å². The van der Waals surface area contributed by atoms with Gasteiger partial charge in [0.2, 0.25) is 0 Å². The molecule has 0 aliphatic heterocycles. The summed E-state index contributed by atoms with van der Waals surface area (Å²) in [6.45, 7) is 6.47. The number of methoxy groups -OCH3 is 1. The van der Waals surface area contributed by atoms with Gasteiger partial charge in [0.25, 0.3) is 0 Å². The summed E-state index contributed by atoms with van der Waals surface area (Å²) in [6, 6.07) is 18.2. The summed E-state index contributed by atoms with van der Waals surface area (Å²) in [4.78, 5) is 2.10. The van der Waals surface area contributed by atoms with Crippen LogP contribution < -0.4 is 14.2 Å². The lowest BCUT2D eigenvalue weighted by Gasteiger charge is -2.20. The molecule has 3 aromatic rings. The van der Waals surface area contributed by atoms with E-state index in [0.29, 0.717) is 5.75 Å². The van der Waals surface area contributed by atoms with Crippen molar-refractivity contribution in [3.05, 3.63) is 84.2 Å². The monoisotopic (exact) mass is 472 g/mol. The Bertz CT molecular complexity index is 1090. The molecule has 3 rings (SSSR count). The van der Waals surface area contributed by atoms with E-state index in [1.807, 2.05) is 11.6 Å². The van der Waals surface area contributed by atoms with Gasteiger partial charge in [-0.05, 0) is 61.4 Å². The van der Waals surface area contributed by atoms with Crippen molar-refractivity contribution in [2.45, 2.75) is 18.7 Å². The molecule has 8 heteroatoms. The van der Waals surface area contributed by atoms with Crippen LogP contribution in [-0.4, -0.2) is 38.6 Å². The van der Waals surface area contributed by atoms with Crippen LogP contribution >= 0.6 is 0 Å². The maximum atomic E-state index is 10.4. The molecular formula is C25H32N2O5S. The fourth-order valence-corrected chi connectivity index (χ4v) is 3.41. The molecule has 0 aliphatic carbocycles. The number of aromatic nitrogens is 1. The molecule has 0 radical (unpaired) electrons. The van der Waals surface area contributed by atoms with Crippen LogP contribution in [0.15, 0.2) is 78.0 Å². The minimum atomic E-state index is -4.33. The van der Waals surface area contributed by atoms with Crippen molar-refractivity contribution in [3.8, 4) is 5.75 Å². The SMILES string of the molecule is CCN(CC)c1ccc(/C=C/c2cc[n+](C)cc2)cc1.COc1ccc(S(=O)(=O)[O-])cc1.O. The molecule has 0 spiro atoms. The maximum Gasteiger partial charge on any atom is 0.169 e. The second-order valence-electron chi connectivity index (χ2n) is 7.02. The number of pyridine rings is 1. The summed E-state index contributed by atoms with van der Waals surface area (Å²) in [5.74, 6) is 0.516. The third kappa shape index (κ3) is 9.05. The second-order valence-corrected chi connectivity index (χ2v) is 8.40. The van der Waals surface area contributed by atoms with Crippen LogP contribution in [0.4, 0.5) is 5.69 Å². The highest BCUT2D eigenvalue weighted by Crippen LogP contribution is 2.16. The minimum Gasteiger partial charge on any atom is -0.744 e. The van der Waals surface area contributed by atoms with Crippen molar-refractivity contribution in [3.63, 3.8) is 0 Å². The molecular weight excluding hydrogens is 440 g/mol. The first-order valence-corrected chi connectivity index (χ1v) is 11.8. The molecule has 0 saturated heterocycles. The van der Waals surface area contributed by atoms with E-state index in [0.717, 1.165) is 13.1 Å². The van der Waals surface area contributed by atoms with E-state index < -0.39 is 10.1 Å². The molecule has 178 valence electrons. The first kappa shape index (κ1) is 27.8. The predicted octanol–water partition coefficient (Wildman–Crippen LogP) is 3.30. The number of anilines is 1. The van der Waals surface area contributed by atoms with Crippen LogP contribution in [0, 0.1) is 0 Å². The number of nitrogens with zero attached hydrogens (tertiary/aromatic N) is 2.